The Hall–Kier alpha value is -2.96. The van der Waals surface area contributed by atoms with E-state index in [-0.39, 0.29) is 17.1 Å². The van der Waals surface area contributed by atoms with Gasteiger partial charge in [-0.3, -0.25) is 9.78 Å². The SMILES string of the molecule is N/C(=N/O)c1cc(F)ccc1NC(=O)c1ccncc1. The lowest BCUT2D eigenvalue weighted by Crippen LogP contribution is -2.19. The number of nitrogens with two attached hydrogens (primary N) is 1. The summed E-state index contributed by atoms with van der Waals surface area (Å²) >= 11 is 0. The molecule has 2 aromatic rings. The number of amides is 1. The van der Waals surface area contributed by atoms with Crippen molar-refractivity contribution in [3.05, 3.63) is 59.7 Å². The van der Waals surface area contributed by atoms with E-state index in [1.165, 1.54) is 30.6 Å². The molecule has 2 rings (SSSR count). The topological polar surface area (TPSA) is 101 Å². The zero-order valence-corrected chi connectivity index (χ0v) is 10.2. The van der Waals surface area contributed by atoms with E-state index >= 15 is 0 Å². The van der Waals surface area contributed by atoms with Crippen molar-refractivity contribution in [1.29, 1.82) is 0 Å². The van der Waals surface area contributed by atoms with Gasteiger partial charge in [-0.2, -0.15) is 0 Å². The highest BCUT2D eigenvalue weighted by Gasteiger charge is 2.12. The van der Waals surface area contributed by atoms with Crippen LogP contribution in [-0.2, 0) is 0 Å². The van der Waals surface area contributed by atoms with E-state index in [0.717, 1.165) is 12.1 Å². The standard InChI is InChI=1S/C13H11FN4O2/c14-9-1-2-11(10(7-9)12(15)18-20)17-13(19)8-3-5-16-6-4-8/h1-7,20H,(H2,15,18)(H,17,19). The number of aromatic nitrogens is 1. The molecule has 0 radical (unpaired) electrons. The highest BCUT2D eigenvalue weighted by atomic mass is 19.1. The van der Waals surface area contributed by atoms with Crippen LogP contribution in [0.2, 0.25) is 0 Å². The van der Waals surface area contributed by atoms with Gasteiger partial charge in [0.25, 0.3) is 5.91 Å². The number of nitrogens with zero attached hydrogens (tertiary/aromatic N) is 2. The minimum Gasteiger partial charge on any atom is -0.409 e. The van der Waals surface area contributed by atoms with Crippen molar-refractivity contribution >= 4 is 17.4 Å². The van der Waals surface area contributed by atoms with Crippen LogP contribution in [0.4, 0.5) is 10.1 Å². The molecule has 0 fully saturated rings. The van der Waals surface area contributed by atoms with Crippen LogP contribution in [0.15, 0.2) is 47.9 Å². The average molecular weight is 274 g/mol. The van der Waals surface area contributed by atoms with Gasteiger partial charge in [0, 0.05) is 23.5 Å². The normalized spacial score (nSPS) is 11.2. The number of rotatable bonds is 3. The molecular weight excluding hydrogens is 263 g/mol. The monoisotopic (exact) mass is 274 g/mol. The molecule has 0 aliphatic heterocycles. The Labute approximate surface area is 113 Å². The molecule has 6 nitrogen and oxygen atoms in total. The highest BCUT2D eigenvalue weighted by Crippen LogP contribution is 2.18. The second-order valence-electron chi connectivity index (χ2n) is 3.87. The molecule has 7 heteroatoms. The van der Waals surface area contributed by atoms with E-state index in [4.69, 9.17) is 10.9 Å². The first-order chi connectivity index (χ1) is 9.61. The maximum atomic E-state index is 13.2. The summed E-state index contributed by atoms with van der Waals surface area (Å²) < 4.78 is 13.2. The fourth-order valence-corrected chi connectivity index (χ4v) is 1.59. The number of hydrogen-bond donors (Lipinski definition) is 3. The van der Waals surface area contributed by atoms with Crippen LogP contribution in [0.5, 0.6) is 0 Å². The molecule has 0 saturated heterocycles. The number of hydrogen-bond acceptors (Lipinski definition) is 4. The number of anilines is 1. The van der Waals surface area contributed by atoms with Crippen LogP contribution < -0.4 is 11.1 Å². The van der Waals surface area contributed by atoms with Crippen LogP contribution in [0, 0.1) is 5.82 Å². The fourth-order valence-electron chi connectivity index (χ4n) is 1.59. The van der Waals surface area contributed by atoms with Crippen molar-refractivity contribution in [2.24, 2.45) is 10.9 Å². The summed E-state index contributed by atoms with van der Waals surface area (Å²) in [6.07, 6.45) is 2.95. The summed E-state index contributed by atoms with van der Waals surface area (Å²) in [5.74, 6) is -1.27. The Kier molecular flexibility index (Phi) is 3.90. The second kappa shape index (κ2) is 5.79. The Morgan fingerprint density at radius 3 is 2.65 bits per heavy atom. The lowest BCUT2D eigenvalue weighted by atomic mass is 10.1. The van der Waals surface area contributed by atoms with Gasteiger partial charge in [-0.1, -0.05) is 5.16 Å². The van der Waals surface area contributed by atoms with E-state index in [0.29, 0.717) is 5.56 Å². The quantitative estimate of drug-likeness (QED) is 0.342. The Bertz CT molecular complexity index is 659. The van der Waals surface area contributed by atoms with Crippen LogP contribution in [0.3, 0.4) is 0 Å². The van der Waals surface area contributed by atoms with E-state index in [1.54, 1.807) is 0 Å². The molecule has 4 N–H and O–H groups in total. The summed E-state index contributed by atoms with van der Waals surface area (Å²) in [6, 6.07) is 6.62. The molecule has 1 aromatic heterocycles. The van der Waals surface area contributed by atoms with Crippen molar-refractivity contribution in [3.8, 4) is 0 Å². The smallest absolute Gasteiger partial charge is 0.255 e. The number of halogens is 1. The summed E-state index contributed by atoms with van der Waals surface area (Å²) in [7, 11) is 0. The summed E-state index contributed by atoms with van der Waals surface area (Å²) in [4.78, 5) is 15.8. The number of carbonyl (C=O) groups excluding carboxylic acids is 1. The number of nitrogens with one attached hydrogen (secondary N) is 1. The van der Waals surface area contributed by atoms with Crippen molar-refractivity contribution < 1.29 is 14.4 Å². The van der Waals surface area contributed by atoms with Gasteiger partial charge in [0.15, 0.2) is 5.84 Å². The number of oxime groups is 1. The third-order valence-corrected chi connectivity index (χ3v) is 2.56. The van der Waals surface area contributed by atoms with Gasteiger partial charge in [-0.05, 0) is 30.3 Å². The fraction of sp³-hybridized carbons (Fsp3) is 0. The van der Waals surface area contributed by atoms with Gasteiger partial charge in [-0.25, -0.2) is 4.39 Å². The predicted molar refractivity (Wildman–Crippen MR) is 71.1 cm³/mol. The molecule has 1 heterocycles. The largest absolute Gasteiger partial charge is 0.409 e. The van der Waals surface area contributed by atoms with Crippen LogP contribution >= 0.6 is 0 Å². The Balaban J connectivity index is 2.32. The molecule has 0 unspecified atom stereocenters. The van der Waals surface area contributed by atoms with Gasteiger partial charge in [-0.15, -0.1) is 0 Å². The van der Waals surface area contributed by atoms with Crippen LogP contribution in [-0.4, -0.2) is 21.9 Å². The Morgan fingerprint density at radius 2 is 2.00 bits per heavy atom. The van der Waals surface area contributed by atoms with E-state index < -0.39 is 11.7 Å². The molecule has 0 atom stereocenters. The number of pyridine rings is 1. The number of benzene rings is 1. The lowest BCUT2D eigenvalue weighted by molar-refractivity contribution is 0.102. The molecule has 20 heavy (non-hydrogen) atoms. The van der Waals surface area contributed by atoms with Crippen LogP contribution in [0.1, 0.15) is 15.9 Å². The molecule has 0 bridgehead atoms. The first kappa shape index (κ1) is 13.5. The molecule has 0 saturated carbocycles. The van der Waals surface area contributed by atoms with Gasteiger partial charge < -0.3 is 16.3 Å². The molecule has 0 spiro atoms. The maximum absolute atomic E-state index is 13.2. The molecule has 0 aliphatic rings. The zero-order chi connectivity index (χ0) is 14.5. The van der Waals surface area contributed by atoms with E-state index in [1.807, 2.05) is 0 Å². The van der Waals surface area contributed by atoms with Crippen molar-refractivity contribution in [3.63, 3.8) is 0 Å². The zero-order valence-electron chi connectivity index (χ0n) is 10.2. The molecule has 1 amide bonds. The van der Waals surface area contributed by atoms with Gasteiger partial charge in [0.1, 0.15) is 5.82 Å². The average Bonchev–Trinajstić information content (AvgIpc) is 2.49. The third kappa shape index (κ3) is 2.89. The maximum Gasteiger partial charge on any atom is 0.255 e. The van der Waals surface area contributed by atoms with Crippen molar-refractivity contribution in [2.45, 2.75) is 0 Å². The van der Waals surface area contributed by atoms with Crippen LogP contribution in [0.25, 0.3) is 0 Å². The first-order valence-electron chi connectivity index (χ1n) is 5.60. The van der Waals surface area contributed by atoms with E-state index in [2.05, 4.69) is 15.5 Å². The highest BCUT2D eigenvalue weighted by molar-refractivity contribution is 6.09. The molecular formula is C13H11FN4O2. The van der Waals surface area contributed by atoms with Crippen molar-refractivity contribution in [1.82, 2.24) is 4.98 Å². The second-order valence-corrected chi connectivity index (χ2v) is 3.87. The first-order valence-corrected chi connectivity index (χ1v) is 5.60. The Morgan fingerprint density at radius 1 is 1.30 bits per heavy atom. The summed E-state index contributed by atoms with van der Waals surface area (Å²) in [5.41, 5.74) is 6.17. The minimum absolute atomic E-state index is 0.0925. The van der Waals surface area contributed by atoms with Gasteiger partial charge in [0.05, 0.1) is 5.69 Å². The number of carbonyl (C=O) groups is 1. The summed E-state index contributed by atoms with van der Waals surface area (Å²) in [6.45, 7) is 0. The third-order valence-electron chi connectivity index (χ3n) is 2.56. The predicted octanol–water partition coefficient (Wildman–Crippen LogP) is 1.57. The van der Waals surface area contributed by atoms with E-state index in [9.17, 15) is 9.18 Å². The number of amidine groups is 1. The lowest BCUT2D eigenvalue weighted by Gasteiger charge is -2.10. The molecule has 0 aliphatic carbocycles. The molecule has 102 valence electrons. The minimum atomic E-state index is -0.562. The van der Waals surface area contributed by atoms with Gasteiger partial charge >= 0.3 is 0 Å². The summed E-state index contributed by atoms with van der Waals surface area (Å²) in [5, 5.41) is 14.0. The molecule has 1 aromatic carbocycles. The van der Waals surface area contributed by atoms with Gasteiger partial charge in [0.2, 0.25) is 0 Å². The van der Waals surface area contributed by atoms with Crippen molar-refractivity contribution in [2.75, 3.05) is 5.32 Å².